The highest BCUT2D eigenvalue weighted by Crippen LogP contribution is 2.08. The van der Waals surface area contributed by atoms with Gasteiger partial charge in [-0.25, -0.2) is 14.4 Å². The van der Waals surface area contributed by atoms with Crippen LogP contribution in [0.25, 0.3) is 11.9 Å². The molecule has 1 amide bonds. The van der Waals surface area contributed by atoms with E-state index in [1.54, 1.807) is 4.90 Å². The lowest BCUT2D eigenvalue weighted by molar-refractivity contribution is -0.126. The highest BCUT2D eigenvalue weighted by molar-refractivity contribution is 5.87. The monoisotopic (exact) mass is 290 g/mol. The predicted molar refractivity (Wildman–Crippen MR) is 80.6 cm³/mol. The zero-order chi connectivity index (χ0) is 15.4. The Kier molecular flexibility index (Phi) is 4.67. The van der Waals surface area contributed by atoms with Gasteiger partial charge in [0.1, 0.15) is 23.3 Å². The minimum absolute atomic E-state index is 0.0618. The summed E-state index contributed by atoms with van der Waals surface area (Å²) in [5, 5.41) is 1.02. The van der Waals surface area contributed by atoms with Crippen LogP contribution in [0.3, 0.4) is 0 Å². The molecule has 2 rings (SSSR count). The SMILES string of the molecule is C=CC(=O)N1CCN(c2ncnc(=C(C)F)c2=CC)CC1. The van der Waals surface area contributed by atoms with Crippen LogP contribution >= 0.6 is 0 Å². The third kappa shape index (κ3) is 3.09. The topological polar surface area (TPSA) is 49.3 Å². The summed E-state index contributed by atoms with van der Waals surface area (Å²) in [6.07, 6.45) is 4.52. The molecule has 112 valence electrons. The number of carbonyl (C=O) groups is 1. The van der Waals surface area contributed by atoms with Crippen LogP contribution in [-0.4, -0.2) is 47.0 Å². The number of halogens is 1. The highest BCUT2D eigenvalue weighted by atomic mass is 19.1. The number of hydrogen-bond acceptors (Lipinski definition) is 4. The molecule has 0 aromatic carbocycles. The Morgan fingerprint density at radius 2 is 2.00 bits per heavy atom. The van der Waals surface area contributed by atoms with Crippen LogP contribution in [0.5, 0.6) is 0 Å². The predicted octanol–water partition coefficient (Wildman–Crippen LogP) is 0.209. The fourth-order valence-electron chi connectivity index (χ4n) is 2.45. The number of anilines is 1. The Balaban J connectivity index is 2.30. The van der Waals surface area contributed by atoms with Crippen molar-refractivity contribution in [2.45, 2.75) is 13.8 Å². The van der Waals surface area contributed by atoms with Crippen LogP contribution in [0, 0.1) is 0 Å². The molecule has 1 fully saturated rings. The van der Waals surface area contributed by atoms with E-state index in [1.807, 2.05) is 13.0 Å². The maximum atomic E-state index is 13.6. The highest BCUT2D eigenvalue weighted by Gasteiger charge is 2.21. The van der Waals surface area contributed by atoms with E-state index in [2.05, 4.69) is 21.4 Å². The first-order valence-electron chi connectivity index (χ1n) is 6.88. The van der Waals surface area contributed by atoms with Crippen LogP contribution in [-0.2, 0) is 4.79 Å². The van der Waals surface area contributed by atoms with Crippen LogP contribution < -0.4 is 15.5 Å². The number of hydrogen-bond donors (Lipinski definition) is 0. The van der Waals surface area contributed by atoms with Gasteiger partial charge in [0.15, 0.2) is 0 Å². The average Bonchev–Trinajstić information content (AvgIpc) is 2.53. The van der Waals surface area contributed by atoms with Gasteiger partial charge >= 0.3 is 0 Å². The molecular weight excluding hydrogens is 271 g/mol. The minimum Gasteiger partial charge on any atom is -0.352 e. The van der Waals surface area contributed by atoms with Crippen molar-refractivity contribution in [1.82, 2.24) is 14.9 Å². The molecule has 1 saturated heterocycles. The van der Waals surface area contributed by atoms with Gasteiger partial charge in [0.05, 0.1) is 0 Å². The van der Waals surface area contributed by atoms with E-state index in [0.717, 1.165) is 0 Å². The molecule has 0 bridgehead atoms. The second-order valence-corrected chi connectivity index (χ2v) is 4.80. The number of piperazine rings is 1. The zero-order valence-corrected chi connectivity index (χ0v) is 12.3. The van der Waals surface area contributed by atoms with Crippen molar-refractivity contribution in [2.24, 2.45) is 0 Å². The molecule has 1 aromatic heterocycles. The van der Waals surface area contributed by atoms with Crippen molar-refractivity contribution in [2.75, 3.05) is 31.1 Å². The summed E-state index contributed by atoms with van der Waals surface area (Å²) in [5.74, 6) is 0.325. The van der Waals surface area contributed by atoms with Crippen LogP contribution in [0.1, 0.15) is 13.8 Å². The first kappa shape index (κ1) is 15.2. The summed E-state index contributed by atoms with van der Waals surface area (Å²) in [6.45, 7) is 9.24. The summed E-state index contributed by atoms with van der Waals surface area (Å²) < 4.78 is 13.6. The number of nitrogens with zero attached hydrogens (tertiary/aromatic N) is 4. The van der Waals surface area contributed by atoms with Crippen LogP contribution in [0.2, 0.25) is 0 Å². The third-order valence-electron chi connectivity index (χ3n) is 3.54. The molecule has 0 saturated carbocycles. The van der Waals surface area contributed by atoms with Crippen molar-refractivity contribution >= 4 is 23.6 Å². The maximum Gasteiger partial charge on any atom is 0.246 e. The average molecular weight is 290 g/mol. The van der Waals surface area contributed by atoms with Crippen LogP contribution in [0.4, 0.5) is 10.2 Å². The van der Waals surface area contributed by atoms with Gasteiger partial charge in [-0.2, -0.15) is 0 Å². The molecular formula is C15H19FN4O. The molecule has 0 aliphatic carbocycles. The van der Waals surface area contributed by atoms with Crippen LogP contribution in [0.15, 0.2) is 19.0 Å². The van der Waals surface area contributed by atoms with E-state index in [1.165, 1.54) is 19.3 Å². The fourth-order valence-corrected chi connectivity index (χ4v) is 2.45. The lowest BCUT2D eigenvalue weighted by Crippen LogP contribution is -2.51. The van der Waals surface area contributed by atoms with Gasteiger partial charge in [-0.1, -0.05) is 12.7 Å². The van der Waals surface area contributed by atoms with E-state index < -0.39 is 0 Å². The second kappa shape index (κ2) is 6.47. The second-order valence-electron chi connectivity index (χ2n) is 4.80. The molecule has 0 N–H and O–H groups in total. The molecule has 1 aliphatic heterocycles. The normalized spacial score (nSPS) is 17.8. The molecule has 5 nitrogen and oxygen atoms in total. The Morgan fingerprint density at radius 1 is 1.33 bits per heavy atom. The Morgan fingerprint density at radius 3 is 2.52 bits per heavy atom. The summed E-state index contributed by atoms with van der Waals surface area (Å²) in [4.78, 5) is 23.7. The molecule has 0 unspecified atom stereocenters. The quantitative estimate of drug-likeness (QED) is 0.731. The van der Waals surface area contributed by atoms with Gasteiger partial charge < -0.3 is 9.80 Å². The standard InChI is InChI=1S/C15H19FN4O/c1-4-12-14(11(3)16)17-10-18-15(12)20-8-6-19(7-9-20)13(21)5-2/h4-5,10H,2,6-9H2,1,3H3. The first-order valence-corrected chi connectivity index (χ1v) is 6.88. The van der Waals surface area contributed by atoms with E-state index in [4.69, 9.17) is 0 Å². The van der Waals surface area contributed by atoms with Crippen molar-refractivity contribution in [3.8, 4) is 0 Å². The zero-order valence-electron chi connectivity index (χ0n) is 12.3. The Hall–Kier alpha value is -2.24. The van der Waals surface area contributed by atoms with E-state index in [9.17, 15) is 9.18 Å². The molecule has 0 atom stereocenters. The fraction of sp³-hybridized carbons (Fsp3) is 0.400. The molecule has 21 heavy (non-hydrogen) atoms. The summed E-state index contributed by atoms with van der Waals surface area (Å²) in [5.41, 5.74) is 0. The number of rotatable bonds is 2. The molecule has 1 aliphatic rings. The van der Waals surface area contributed by atoms with Gasteiger partial charge in [-0.05, 0) is 19.9 Å². The number of aromatic nitrogens is 2. The van der Waals surface area contributed by atoms with E-state index in [-0.39, 0.29) is 11.7 Å². The Labute approximate surface area is 123 Å². The molecule has 0 spiro atoms. The minimum atomic E-state index is -0.327. The summed E-state index contributed by atoms with van der Waals surface area (Å²) in [6, 6.07) is 0. The summed E-state index contributed by atoms with van der Waals surface area (Å²) >= 11 is 0. The van der Waals surface area contributed by atoms with Gasteiger partial charge in [-0.3, -0.25) is 4.79 Å². The smallest absolute Gasteiger partial charge is 0.246 e. The van der Waals surface area contributed by atoms with Crippen molar-refractivity contribution in [1.29, 1.82) is 0 Å². The maximum absolute atomic E-state index is 13.6. The first-order chi connectivity index (χ1) is 10.1. The van der Waals surface area contributed by atoms with Crippen molar-refractivity contribution in [3.05, 3.63) is 29.6 Å². The van der Waals surface area contributed by atoms with Gasteiger partial charge in [-0.15, -0.1) is 0 Å². The van der Waals surface area contributed by atoms with Gasteiger partial charge in [0, 0.05) is 31.4 Å². The number of carbonyl (C=O) groups excluding carboxylic acids is 1. The summed E-state index contributed by atoms with van der Waals surface area (Å²) in [7, 11) is 0. The van der Waals surface area contributed by atoms with Gasteiger partial charge in [0.25, 0.3) is 0 Å². The van der Waals surface area contributed by atoms with Gasteiger partial charge in [0.2, 0.25) is 5.91 Å². The van der Waals surface area contributed by atoms with E-state index >= 15 is 0 Å². The third-order valence-corrected chi connectivity index (χ3v) is 3.54. The lowest BCUT2D eigenvalue weighted by Gasteiger charge is -2.35. The van der Waals surface area contributed by atoms with E-state index in [0.29, 0.717) is 42.6 Å². The largest absolute Gasteiger partial charge is 0.352 e. The molecule has 2 heterocycles. The lowest BCUT2D eigenvalue weighted by atomic mass is 10.2. The Bertz CT molecular complexity index is 659. The molecule has 0 radical (unpaired) electrons. The molecule has 1 aromatic rings. The number of amides is 1. The van der Waals surface area contributed by atoms with Crippen molar-refractivity contribution < 1.29 is 9.18 Å². The van der Waals surface area contributed by atoms with Crippen molar-refractivity contribution in [3.63, 3.8) is 0 Å². The molecule has 6 heteroatoms.